The van der Waals surface area contributed by atoms with E-state index in [-0.39, 0.29) is 11.4 Å². The molecule has 0 radical (unpaired) electrons. The summed E-state index contributed by atoms with van der Waals surface area (Å²) in [5.74, 6) is 1.17. The van der Waals surface area contributed by atoms with Crippen LogP contribution in [0.3, 0.4) is 0 Å². The van der Waals surface area contributed by atoms with Crippen LogP contribution in [0.4, 0.5) is 5.69 Å². The van der Waals surface area contributed by atoms with Crippen LogP contribution in [0.5, 0.6) is 0 Å². The lowest BCUT2D eigenvalue weighted by Gasteiger charge is -2.46. The van der Waals surface area contributed by atoms with Gasteiger partial charge in [-0.25, -0.2) is 0 Å². The molecule has 1 N–H and O–H groups in total. The van der Waals surface area contributed by atoms with Gasteiger partial charge in [-0.1, -0.05) is 31.5 Å². The average molecular weight is 341 g/mol. The lowest BCUT2D eigenvalue weighted by molar-refractivity contribution is -0.125. The van der Waals surface area contributed by atoms with E-state index in [0.717, 1.165) is 43.6 Å². The Kier molecular flexibility index (Phi) is 4.72. The Morgan fingerprint density at radius 2 is 1.76 bits per heavy atom. The Balaban J connectivity index is 1.43. The molecule has 1 aromatic rings. The van der Waals surface area contributed by atoms with Crippen LogP contribution in [0.15, 0.2) is 30.3 Å². The standard InChI is InChI=1S/C21H31N3O/c1-2-17-8-10-18(11-9-17)23-14-12-21(13-15-23)20(25)22-16-24(21)19-6-4-3-5-7-19/h3-7,17-18H,2,8-16H2,1H3,(H,22,25). The Morgan fingerprint density at radius 1 is 1.08 bits per heavy atom. The smallest absolute Gasteiger partial charge is 0.247 e. The molecule has 2 heterocycles. The largest absolute Gasteiger partial charge is 0.339 e. The number of nitrogens with zero attached hydrogens (tertiary/aromatic N) is 2. The number of likely N-dealkylation sites (tertiary alicyclic amines) is 1. The molecular formula is C21H31N3O. The number of nitrogens with one attached hydrogen (secondary N) is 1. The quantitative estimate of drug-likeness (QED) is 0.915. The van der Waals surface area contributed by atoms with Crippen molar-refractivity contribution >= 4 is 11.6 Å². The molecule has 4 nitrogen and oxygen atoms in total. The van der Waals surface area contributed by atoms with Gasteiger partial charge in [0.15, 0.2) is 0 Å². The van der Waals surface area contributed by atoms with Crippen LogP contribution in [-0.2, 0) is 4.79 Å². The number of hydrogen-bond donors (Lipinski definition) is 1. The maximum Gasteiger partial charge on any atom is 0.247 e. The fourth-order valence-electron chi connectivity index (χ4n) is 5.21. The molecule has 4 heteroatoms. The fraction of sp³-hybridized carbons (Fsp3) is 0.667. The number of benzene rings is 1. The number of amides is 1. The van der Waals surface area contributed by atoms with Crippen LogP contribution >= 0.6 is 0 Å². The Bertz CT molecular complexity index is 586. The lowest BCUT2D eigenvalue weighted by atomic mass is 9.81. The van der Waals surface area contributed by atoms with Crippen molar-refractivity contribution in [2.75, 3.05) is 24.7 Å². The normalized spacial score (nSPS) is 29.8. The molecule has 0 unspecified atom stereocenters. The predicted molar refractivity (Wildman–Crippen MR) is 102 cm³/mol. The summed E-state index contributed by atoms with van der Waals surface area (Å²) in [4.78, 5) is 17.7. The van der Waals surface area contributed by atoms with Gasteiger partial charge in [0.25, 0.3) is 0 Å². The number of carbonyl (C=O) groups is 1. The second kappa shape index (κ2) is 6.99. The Labute approximate surface area is 151 Å². The van der Waals surface area contributed by atoms with E-state index in [1.807, 2.05) is 6.07 Å². The second-order valence-corrected chi connectivity index (χ2v) is 8.08. The molecule has 25 heavy (non-hydrogen) atoms. The summed E-state index contributed by atoms with van der Waals surface area (Å²) < 4.78 is 0. The highest BCUT2D eigenvalue weighted by Crippen LogP contribution is 2.38. The van der Waals surface area contributed by atoms with Crippen LogP contribution in [-0.4, -0.2) is 42.1 Å². The molecule has 4 rings (SSSR count). The number of hydrogen-bond acceptors (Lipinski definition) is 3. The first kappa shape index (κ1) is 16.9. The highest BCUT2D eigenvalue weighted by molar-refractivity contribution is 5.93. The van der Waals surface area contributed by atoms with Crippen molar-refractivity contribution in [2.45, 2.75) is 63.5 Å². The molecule has 1 saturated carbocycles. The summed E-state index contributed by atoms with van der Waals surface area (Å²) in [7, 11) is 0. The van der Waals surface area contributed by atoms with Crippen LogP contribution in [0.25, 0.3) is 0 Å². The van der Waals surface area contributed by atoms with E-state index in [0.29, 0.717) is 6.67 Å². The first-order valence-corrected chi connectivity index (χ1v) is 10.1. The SMILES string of the molecule is CCC1CCC(N2CCC3(CC2)C(=O)NCN3c2ccccc2)CC1. The molecule has 1 aliphatic carbocycles. The summed E-state index contributed by atoms with van der Waals surface area (Å²) in [5, 5.41) is 3.10. The Morgan fingerprint density at radius 3 is 2.40 bits per heavy atom. The maximum atomic E-state index is 12.7. The van der Waals surface area contributed by atoms with Crippen molar-refractivity contribution in [1.82, 2.24) is 10.2 Å². The van der Waals surface area contributed by atoms with Gasteiger partial charge in [0.2, 0.25) is 5.91 Å². The van der Waals surface area contributed by atoms with Crippen molar-refractivity contribution in [3.8, 4) is 0 Å². The van der Waals surface area contributed by atoms with Crippen molar-refractivity contribution in [3.63, 3.8) is 0 Å². The lowest BCUT2D eigenvalue weighted by Crippen LogP contribution is -2.58. The third-order valence-electron chi connectivity index (χ3n) is 6.94. The average Bonchev–Trinajstić information content (AvgIpc) is 2.99. The molecular weight excluding hydrogens is 310 g/mol. The van der Waals surface area contributed by atoms with Gasteiger partial charge in [-0.3, -0.25) is 4.79 Å². The highest BCUT2D eigenvalue weighted by atomic mass is 16.2. The minimum Gasteiger partial charge on any atom is -0.339 e. The molecule has 136 valence electrons. The van der Waals surface area contributed by atoms with Crippen molar-refractivity contribution in [2.24, 2.45) is 5.92 Å². The number of rotatable bonds is 3. The third-order valence-corrected chi connectivity index (χ3v) is 6.94. The van der Waals surface area contributed by atoms with Crippen molar-refractivity contribution in [3.05, 3.63) is 30.3 Å². The van der Waals surface area contributed by atoms with Crippen molar-refractivity contribution < 1.29 is 4.79 Å². The molecule has 3 aliphatic rings. The van der Waals surface area contributed by atoms with Gasteiger partial charge in [-0.15, -0.1) is 0 Å². The number of para-hydroxylation sites is 1. The molecule has 2 saturated heterocycles. The highest BCUT2D eigenvalue weighted by Gasteiger charge is 2.50. The zero-order valence-electron chi connectivity index (χ0n) is 15.4. The zero-order valence-corrected chi connectivity index (χ0v) is 15.4. The molecule has 0 atom stereocenters. The number of piperidine rings is 1. The van der Waals surface area contributed by atoms with Gasteiger partial charge in [0.05, 0.1) is 6.67 Å². The van der Waals surface area contributed by atoms with Gasteiger partial charge in [0.1, 0.15) is 5.54 Å². The zero-order chi connectivity index (χ0) is 17.3. The van der Waals surface area contributed by atoms with Gasteiger partial charge in [0, 0.05) is 24.8 Å². The fourth-order valence-corrected chi connectivity index (χ4v) is 5.21. The van der Waals surface area contributed by atoms with Crippen LogP contribution < -0.4 is 10.2 Å². The number of anilines is 1. The number of carbonyl (C=O) groups excluding carboxylic acids is 1. The van der Waals surface area contributed by atoms with E-state index >= 15 is 0 Å². The summed E-state index contributed by atoms with van der Waals surface area (Å²) in [5.41, 5.74) is 0.830. The van der Waals surface area contributed by atoms with Gasteiger partial charge >= 0.3 is 0 Å². The summed E-state index contributed by atoms with van der Waals surface area (Å²) in [6.45, 7) is 5.08. The molecule has 1 amide bonds. The van der Waals surface area contributed by atoms with Gasteiger partial charge in [-0.05, 0) is 56.6 Å². The summed E-state index contributed by atoms with van der Waals surface area (Å²) in [6, 6.07) is 11.2. The van der Waals surface area contributed by atoms with E-state index in [1.54, 1.807) is 0 Å². The first-order valence-electron chi connectivity index (χ1n) is 10.1. The summed E-state index contributed by atoms with van der Waals surface area (Å²) >= 11 is 0. The van der Waals surface area contributed by atoms with E-state index < -0.39 is 0 Å². The molecule has 3 fully saturated rings. The van der Waals surface area contributed by atoms with Crippen LogP contribution in [0.1, 0.15) is 51.9 Å². The molecule has 1 spiro atoms. The second-order valence-electron chi connectivity index (χ2n) is 8.08. The van der Waals surface area contributed by atoms with E-state index in [4.69, 9.17) is 0 Å². The van der Waals surface area contributed by atoms with Gasteiger partial charge in [-0.2, -0.15) is 0 Å². The summed E-state index contributed by atoms with van der Waals surface area (Å²) in [6.07, 6.45) is 8.70. The molecule has 1 aromatic carbocycles. The van der Waals surface area contributed by atoms with E-state index in [2.05, 4.69) is 46.3 Å². The van der Waals surface area contributed by atoms with Crippen molar-refractivity contribution in [1.29, 1.82) is 0 Å². The predicted octanol–water partition coefficient (Wildman–Crippen LogP) is 3.38. The minimum atomic E-state index is -0.335. The van der Waals surface area contributed by atoms with E-state index in [9.17, 15) is 4.79 Å². The van der Waals surface area contributed by atoms with Crippen LogP contribution in [0, 0.1) is 5.92 Å². The minimum absolute atomic E-state index is 0.227. The monoisotopic (exact) mass is 341 g/mol. The van der Waals surface area contributed by atoms with Crippen LogP contribution in [0.2, 0.25) is 0 Å². The van der Waals surface area contributed by atoms with E-state index in [1.165, 1.54) is 32.1 Å². The molecule has 2 aliphatic heterocycles. The maximum absolute atomic E-state index is 12.7. The molecule has 0 aromatic heterocycles. The van der Waals surface area contributed by atoms with Gasteiger partial charge < -0.3 is 15.1 Å². The topological polar surface area (TPSA) is 35.6 Å². The Hall–Kier alpha value is -1.55. The third kappa shape index (κ3) is 3.05. The first-order chi connectivity index (χ1) is 12.2. The molecule has 0 bridgehead atoms.